The van der Waals surface area contributed by atoms with Crippen LogP contribution in [0.3, 0.4) is 0 Å². The maximum absolute atomic E-state index is 13.5. The first-order valence-corrected chi connectivity index (χ1v) is 28.4. The van der Waals surface area contributed by atoms with Gasteiger partial charge in [0.15, 0.2) is 18.9 Å². The molecule has 472 valence electrons. The molecule has 0 radical (unpaired) electrons. The zero-order valence-electron chi connectivity index (χ0n) is 46.3. The number of phosphoric acid groups is 1. The highest BCUT2D eigenvalue weighted by Gasteiger charge is 2.45. The minimum Gasteiger partial charge on any atom is -0.394 e. The van der Waals surface area contributed by atoms with Crippen molar-refractivity contribution in [2.24, 2.45) is 17.8 Å². The Kier molecular flexibility index (Phi) is 33.7. The highest BCUT2D eigenvalue weighted by Crippen LogP contribution is 2.41. The van der Waals surface area contributed by atoms with E-state index in [1.807, 2.05) is 0 Å². The third kappa shape index (κ3) is 25.5. The van der Waals surface area contributed by atoms with Gasteiger partial charge in [-0.2, -0.15) is 0 Å². The van der Waals surface area contributed by atoms with Crippen LogP contribution in [-0.2, 0) is 80.2 Å². The third-order valence-corrected chi connectivity index (χ3v) is 14.3. The minimum absolute atomic E-state index is 0.0902. The van der Waals surface area contributed by atoms with E-state index in [4.69, 9.17) is 42.6 Å². The minimum atomic E-state index is -4.48. The van der Waals surface area contributed by atoms with Crippen LogP contribution >= 0.6 is 7.82 Å². The predicted molar refractivity (Wildman–Crippen MR) is 274 cm³/mol. The smallest absolute Gasteiger partial charge is 0.394 e. The number of hydrogen-bond donors (Lipinski definition) is 15. The second-order valence-corrected chi connectivity index (χ2v) is 21.4. The van der Waals surface area contributed by atoms with Crippen LogP contribution in [0.5, 0.6) is 0 Å². The SMILES string of the molecule is COP(=O)(O)OCNC(=O)CC(=O)NC(COCCC(=O)NCCCO[C@@H]1OC(CO)[C@H](O)[C@H](O)C1C)(COCCC(=O)NCCCO[C@@H]1OC(CO)[C@H](O)[C@H](O)C1C)COCCC(=O)NCCCO[C@@H]1OC(CO)[C@H](O)[C@H](O)C1C. The Bertz CT molecular complexity index is 1740. The van der Waals surface area contributed by atoms with Crippen LogP contribution in [0.15, 0.2) is 0 Å². The number of nitrogens with one attached hydrogen (secondary N) is 5. The molecular weight excluding hydrogens is 1110 g/mol. The van der Waals surface area contributed by atoms with Gasteiger partial charge in [-0.15, -0.1) is 0 Å². The van der Waals surface area contributed by atoms with Crippen molar-refractivity contribution in [3.8, 4) is 0 Å². The summed E-state index contributed by atoms with van der Waals surface area (Å²) in [4.78, 5) is 74.2. The van der Waals surface area contributed by atoms with Crippen molar-refractivity contribution in [1.82, 2.24) is 26.6 Å². The Morgan fingerprint density at radius 2 is 0.827 bits per heavy atom. The van der Waals surface area contributed by atoms with Gasteiger partial charge in [0.2, 0.25) is 29.5 Å². The number of carbonyl (C=O) groups is 5. The number of amides is 5. The number of aliphatic hydroxyl groups excluding tert-OH is 9. The van der Waals surface area contributed by atoms with E-state index in [-0.39, 0.29) is 78.5 Å². The Labute approximate surface area is 469 Å². The van der Waals surface area contributed by atoms with Crippen LogP contribution in [0.2, 0.25) is 0 Å². The van der Waals surface area contributed by atoms with Gasteiger partial charge in [-0.1, -0.05) is 20.8 Å². The first kappa shape index (κ1) is 72.0. The first-order chi connectivity index (χ1) is 38.5. The molecular formula is C48H88N5O27P. The van der Waals surface area contributed by atoms with Crippen molar-refractivity contribution in [2.75, 3.05) is 113 Å². The zero-order valence-corrected chi connectivity index (χ0v) is 47.2. The van der Waals surface area contributed by atoms with Gasteiger partial charge in [0.25, 0.3) is 0 Å². The first-order valence-electron chi connectivity index (χ1n) is 26.9. The summed E-state index contributed by atoms with van der Waals surface area (Å²) in [5.41, 5.74) is -1.66. The highest BCUT2D eigenvalue weighted by molar-refractivity contribution is 7.47. The molecule has 3 saturated heterocycles. The molecule has 0 aromatic carbocycles. The van der Waals surface area contributed by atoms with Crippen molar-refractivity contribution >= 4 is 37.4 Å². The van der Waals surface area contributed by atoms with Gasteiger partial charge >= 0.3 is 7.82 Å². The average Bonchev–Trinajstić information content (AvgIpc) is 3.43. The molecule has 81 heavy (non-hydrogen) atoms. The molecule has 16 atom stereocenters. The topological polar surface area (TPSA) is 466 Å². The fraction of sp³-hybridized carbons (Fsp3) is 0.896. The molecule has 0 bridgehead atoms. The van der Waals surface area contributed by atoms with Gasteiger partial charge in [0.1, 0.15) is 55.3 Å². The van der Waals surface area contributed by atoms with Crippen LogP contribution in [-0.4, -0.2) is 272 Å². The van der Waals surface area contributed by atoms with Crippen molar-refractivity contribution in [1.29, 1.82) is 0 Å². The Morgan fingerprint density at radius 3 is 1.14 bits per heavy atom. The van der Waals surface area contributed by atoms with Crippen molar-refractivity contribution < 1.29 is 131 Å². The Balaban J connectivity index is 1.61. The molecule has 3 rings (SSSR count). The van der Waals surface area contributed by atoms with Crippen LogP contribution in [0.25, 0.3) is 0 Å². The molecule has 5 amide bonds. The lowest BCUT2D eigenvalue weighted by molar-refractivity contribution is -0.282. The molecule has 3 aliphatic heterocycles. The van der Waals surface area contributed by atoms with Crippen molar-refractivity contribution in [3.05, 3.63) is 0 Å². The molecule has 0 aliphatic carbocycles. The van der Waals surface area contributed by atoms with E-state index in [1.165, 1.54) is 0 Å². The summed E-state index contributed by atoms with van der Waals surface area (Å²) in [5.74, 6) is -5.02. The summed E-state index contributed by atoms with van der Waals surface area (Å²) in [7, 11) is -3.58. The van der Waals surface area contributed by atoms with E-state index in [2.05, 4.69) is 35.6 Å². The summed E-state index contributed by atoms with van der Waals surface area (Å²) >= 11 is 0. The standard InChI is InChI=1S/C48H88N5O27P/c1-28-39(62)42(65)31(21-54)78-45(28)74-14-5-11-49-34(57)8-17-71-24-48(53-38(61)20-37(60)52-27-77-81(68,69)70-4,25-72-18-9-35(58)50-12-6-15-75-46-29(2)40(63)43(66)32(22-55)79-46)26-73-19-10-36(59)51-13-7-16-76-47-30(3)41(64)44(67)33(23-56)80-47/h28-33,39-47,54-56,62-67H,5-27H2,1-4H3,(H,49,57)(H,50,58)(H,51,59)(H,52,60)(H,53,61)(H,68,69)/t28?,29?,30?,31?,32?,33?,39-,40-,41-,42+,43+,44+,45-,46-,47-,48?/m1/s1. The largest absolute Gasteiger partial charge is 0.473 e. The lowest BCUT2D eigenvalue weighted by Crippen LogP contribution is -2.59. The van der Waals surface area contributed by atoms with Crippen LogP contribution in [0.1, 0.15) is 65.7 Å². The van der Waals surface area contributed by atoms with E-state index in [0.29, 0.717) is 19.3 Å². The summed E-state index contributed by atoms with van der Waals surface area (Å²) in [6, 6.07) is 0. The number of rotatable bonds is 40. The lowest BCUT2D eigenvalue weighted by Gasteiger charge is -2.40. The molecule has 3 fully saturated rings. The Hall–Kier alpha value is -3.26. The van der Waals surface area contributed by atoms with Gasteiger partial charge in [-0.05, 0) is 19.3 Å². The van der Waals surface area contributed by atoms with Crippen LogP contribution < -0.4 is 26.6 Å². The molecule has 15 N–H and O–H groups in total. The molecule has 0 saturated carbocycles. The fourth-order valence-corrected chi connectivity index (χ4v) is 8.65. The van der Waals surface area contributed by atoms with Crippen LogP contribution in [0.4, 0.5) is 0 Å². The fourth-order valence-electron chi connectivity index (χ4n) is 8.32. The molecule has 7 unspecified atom stereocenters. The summed E-state index contributed by atoms with van der Waals surface area (Å²) in [6.07, 6.45) is -13.8. The van der Waals surface area contributed by atoms with Gasteiger partial charge in [-0.25, -0.2) is 4.57 Å². The maximum Gasteiger partial charge on any atom is 0.473 e. The van der Waals surface area contributed by atoms with E-state index in [9.17, 15) is 79.4 Å². The third-order valence-electron chi connectivity index (χ3n) is 13.3. The molecule has 32 nitrogen and oxygen atoms in total. The molecule has 3 aliphatic rings. The lowest BCUT2D eigenvalue weighted by atomic mass is 9.92. The van der Waals surface area contributed by atoms with Gasteiger partial charge < -0.3 is 120 Å². The Morgan fingerprint density at radius 1 is 0.494 bits per heavy atom. The number of carbonyl (C=O) groups excluding carboxylic acids is 5. The van der Waals surface area contributed by atoms with Gasteiger partial charge in [0.05, 0.1) is 97.6 Å². The maximum atomic E-state index is 13.5. The van der Waals surface area contributed by atoms with Crippen molar-refractivity contribution in [3.63, 3.8) is 0 Å². The van der Waals surface area contributed by atoms with Crippen LogP contribution in [0, 0.1) is 17.8 Å². The quantitative estimate of drug-likeness (QED) is 0.0118. The average molecular weight is 1200 g/mol. The summed E-state index contributed by atoms with van der Waals surface area (Å²) < 4.78 is 72.0. The van der Waals surface area contributed by atoms with Gasteiger partial charge in [-0.3, -0.25) is 33.0 Å². The number of ether oxygens (including phenoxy) is 9. The van der Waals surface area contributed by atoms with Gasteiger partial charge in [0, 0.05) is 63.8 Å². The van der Waals surface area contributed by atoms with E-state index < -0.39 is 187 Å². The second kappa shape index (κ2) is 37.9. The molecule has 33 heteroatoms. The monoisotopic (exact) mass is 1200 g/mol. The number of phosphoric ester groups is 1. The number of aliphatic hydroxyl groups is 9. The zero-order chi connectivity index (χ0) is 60.1. The van der Waals surface area contributed by atoms with E-state index >= 15 is 0 Å². The van der Waals surface area contributed by atoms with Crippen molar-refractivity contribution in [2.45, 2.75) is 145 Å². The summed E-state index contributed by atoms with van der Waals surface area (Å²) in [6.45, 7) is 1.25. The molecule has 0 spiro atoms. The molecule has 0 aromatic rings. The predicted octanol–water partition coefficient (Wildman–Crippen LogP) is -5.92. The summed E-state index contributed by atoms with van der Waals surface area (Å²) in [5, 5.41) is 102. The molecule has 0 aromatic heterocycles. The molecule has 3 heterocycles. The normalized spacial score (nSPS) is 30.1. The van der Waals surface area contributed by atoms with E-state index in [0.717, 1.165) is 7.11 Å². The highest BCUT2D eigenvalue weighted by atomic mass is 31.2. The number of hydrogen-bond acceptors (Lipinski definition) is 26. The second-order valence-electron chi connectivity index (χ2n) is 19.9. The van der Waals surface area contributed by atoms with E-state index in [1.54, 1.807) is 20.8 Å².